The molecule has 2 fully saturated rings. The Morgan fingerprint density at radius 1 is 1.14 bits per heavy atom. The van der Waals surface area contributed by atoms with Crippen molar-refractivity contribution in [3.05, 3.63) is 54.1 Å². The first-order valence-corrected chi connectivity index (χ1v) is 9.76. The molecule has 1 N–H and O–H groups in total. The number of rotatable bonds is 6. The molecule has 1 atom stereocenters. The SMILES string of the molecule is O=C(Nc1ccccc1N1CCCC1=O)c1ccc(OC[C@H]2CCCO2)cc1. The number of nitrogens with zero attached hydrogens (tertiary/aromatic N) is 1. The molecule has 2 aliphatic rings. The molecule has 28 heavy (non-hydrogen) atoms. The number of nitrogens with one attached hydrogen (secondary N) is 1. The summed E-state index contributed by atoms with van der Waals surface area (Å²) in [6.45, 7) is 2.02. The lowest BCUT2D eigenvalue weighted by atomic mass is 10.2. The van der Waals surface area contributed by atoms with E-state index in [4.69, 9.17) is 9.47 Å². The van der Waals surface area contributed by atoms with Gasteiger partial charge in [-0.15, -0.1) is 0 Å². The van der Waals surface area contributed by atoms with Gasteiger partial charge >= 0.3 is 0 Å². The van der Waals surface area contributed by atoms with Crippen molar-refractivity contribution < 1.29 is 19.1 Å². The predicted octanol–water partition coefficient (Wildman–Crippen LogP) is 3.62. The second-order valence-electron chi connectivity index (χ2n) is 7.09. The number of carbonyl (C=O) groups excluding carboxylic acids is 2. The molecule has 0 unspecified atom stereocenters. The molecule has 0 aliphatic carbocycles. The van der Waals surface area contributed by atoms with Crippen LogP contribution in [0.15, 0.2) is 48.5 Å². The summed E-state index contributed by atoms with van der Waals surface area (Å²) in [5.74, 6) is 0.592. The largest absolute Gasteiger partial charge is 0.491 e. The first-order valence-electron chi connectivity index (χ1n) is 9.76. The number of amides is 2. The molecule has 2 saturated heterocycles. The normalized spacial score (nSPS) is 19.1. The number of anilines is 2. The molecule has 0 spiro atoms. The third-order valence-electron chi connectivity index (χ3n) is 5.09. The summed E-state index contributed by atoms with van der Waals surface area (Å²) in [6, 6.07) is 14.5. The van der Waals surface area contributed by atoms with E-state index in [0.717, 1.165) is 37.3 Å². The van der Waals surface area contributed by atoms with Gasteiger partial charge in [0.05, 0.1) is 17.5 Å². The second kappa shape index (κ2) is 8.44. The minimum Gasteiger partial charge on any atom is -0.491 e. The van der Waals surface area contributed by atoms with Gasteiger partial charge in [-0.05, 0) is 55.7 Å². The van der Waals surface area contributed by atoms with E-state index >= 15 is 0 Å². The lowest BCUT2D eigenvalue weighted by Gasteiger charge is -2.20. The Morgan fingerprint density at radius 2 is 1.96 bits per heavy atom. The highest BCUT2D eigenvalue weighted by molar-refractivity contribution is 6.08. The minimum atomic E-state index is -0.218. The van der Waals surface area contributed by atoms with Crippen LogP contribution in [0.4, 0.5) is 11.4 Å². The standard InChI is InChI=1S/C22H24N2O4/c25-21-8-3-13-24(21)20-7-2-1-6-19(20)23-22(26)16-9-11-17(12-10-16)28-15-18-5-4-14-27-18/h1-2,6-7,9-12,18H,3-5,8,13-15H2,(H,23,26)/t18-/m1/s1. The molecule has 6 nitrogen and oxygen atoms in total. The summed E-state index contributed by atoms with van der Waals surface area (Å²) in [6.07, 6.45) is 3.66. The van der Waals surface area contributed by atoms with E-state index in [2.05, 4.69) is 5.32 Å². The van der Waals surface area contributed by atoms with Gasteiger partial charge in [0.25, 0.3) is 5.91 Å². The van der Waals surface area contributed by atoms with Crippen molar-refractivity contribution in [2.24, 2.45) is 0 Å². The number of hydrogen-bond donors (Lipinski definition) is 1. The van der Waals surface area contributed by atoms with Crippen molar-refractivity contribution in [2.45, 2.75) is 31.8 Å². The second-order valence-corrected chi connectivity index (χ2v) is 7.09. The third kappa shape index (κ3) is 4.17. The van der Waals surface area contributed by atoms with Gasteiger partial charge in [0, 0.05) is 25.1 Å². The molecule has 0 aromatic heterocycles. The van der Waals surface area contributed by atoms with E-state index in [-0.39, 0.29) is 17.9 Å². The average molecular weight is 380 g/mol. The molecule has 0 radical (unpaired) electrons. The monoisotopic (exact) mass is 380 g/mol. The van der Waals surface area contributed by atoms with E-state index < -0.39 is 0 Å². The van der Waals surface area contributed by atoms with Gasteiger partial charge in [0.1, 0.15) is 12.4 Å². The fourth-order valence-corrected chi connectivity index (χ4v) is 3.58. The number of hydrogen-bond acceptors (Lipinski definition) is 4. The summed E-state index contributed by atoms with van der Waals surface area (Å²) in [4.78, 5) is 26.5. The minimum absolute atomic E-state index is 0.0921. The van der Waals surface area contributed by atoms with Crippen LogP contribution in [0.2, 0.25) is 0 Å². The predicted molar refractivity (Wildman–Crippen MR) is 107 cm³/mol. The zero-order valence-corrected chi connectivity index (χ0v) is 15.7. The Hall–Kier alpha value is -2.86. The molecule has 2 amide bonds. The van der Waals surface area contributed by atoms with E-state index in [0.29, 0.717) is 30.8 Å². The zero-order chi connectivity index (χ0) is 19.3. The molecular formula is C22H24N2O4. The Bertz CT molecular complexity index is 844. The van der Waals surface area contributed by atoms with Gasteiger partial charge < -0.3 is 19.7 Å². The Morgan fingerprint density at radius 3 is 2.68 bits per heavy atom. The van der Waals surface area contributed by atoms with Crippen LogP contribution in [-0.2, 0) is 9.53 Å². The summed E-state index contributed by atoms with van der Waals surface area (Å²) in [5, 5.41) is 2.93. The molecule has 0 bridgehead atoms. The number of ether oxygens (including phenoxy) is 2. The van der Waals surface area contributed by atoms with Crippen LogP contribution in [-0.4, -0.2) is 37.7 Å². The van der Waals surface area contributed by atoms with Crippen LogP contribution in [0.1, 0.15) is 36.0 Å². The molecule has 146 valence electrons. The first kappa shape index (κ1) is 18.5. The van der Waals surface area contributed by atoms with Gasteiger partial charge in [-0.1, -0.05) is 12.1 Å². The van der Waals surface area contributed by atoms with Crippen LogP contribution in [0.5, 0.6) is 5.75 Å². The lowest BCUT2D eigenvalue weighted by molar-refractivity contribution is -0.117. The summed E-state index contributed by atoms with van der Waals surface area (Å²) >= 11 is 0. The van der Waals surface area contributed by atoms with E-state index in [1.807, 2.05) is 24.3 Å². The van der Waals surface area contributed by atoms with E-state index in [9.17, 15) is 9.59 Å². The maximum Gasteiger partial charge on any atom is 0.255 e. The molecular weight excluding hydrogens is 356 g/mol. The number of benzene rings is 2. The summed E-state index contributed by atoms with van der Waals surface area (Å²) < 4.78 is 11.3. The maximum absolute atomic E-state index is 12.7. The van der Waals surface area contributed by atoms with Gasteiger partial charge in [-0.3, -0.25) is 9.59 Å². The number of para-hydroxylation sites is 2. The van der Waals surface area contributed by atoms with Crippen LogP contribution in [0, 0.1) is 0 Å². The topological polar surface area (TPSA) is 67.9 Å². The average Bonchev–Trinajstić information content (AvgIpc) is 3.39. The van der Waals surface area contributed by atoms with Crippen LogP contribution >= 0.6 is 0 Å². The van der Waals surface area contributed by atoms with Crippen LogP contribution < -0.4 is 15.0 Å². The third-order valence-corrected chi connectivity index (χ3v) is 5.09. The smallest absolute Gasteiger partial charge is 0.255 e. The molecule has 4 rings (SSSR count). The fraction of sp³-hybridized carbons (Fsp3) is 0.364. The Labute approximate surface area is 164 Å². The molecule has 2 aliphatic heterocycles. The summed E-state index contributed by atoms with van der Waals surface area (Å²) in [7, 11) is 0. The van der Waals surface area contributed by atoms with Gasteiger partial charge in [0.15, 0.2) is 0 Å². The molecule has 6 heteroatoms. The first-order chi connectivity index (χ1) is 13.7. The molecule has 2 aromatic carbocycles. The highest BCUT2D eigenvalue weighted by Gasteiger charge is 2.24. The Kier molecular flexibility index (Phi) is 5.58. The quantitative estimate of drug-likeness (QED) is 0.831. The van der Waals surface area contributed by atoms with E-state index in [1.54, 1.807) is 29.2 Å². The van der Waals surface area contributed by atoms with Crippen LogP contribution in [0.25, 0.3) is 0 Å². The van der Waals surface area contributed by atoms with Gasteiger partial charge in [-0.25, -0.2) is 0 Å². The van der Waals surface area contributed by atoms with Crippen LogP contribution in [0.3, 0.4) is 0 Å². The molecule has 2 heterocycles. The van der Waals surface area contributed by atoms with Crippen molar-refractivity contribution in [2.75, 3.05) is 30.0 Å². The van der Waals surface area contributed by atoms with Crippen molar-refractivity contribution in [1.29, 1.82) is 0 Å². The molecule has 2 aromatic rings. The highest BCUT2D eigenvalue weighted by atomic mass is 16.5. The Balaban J connectivity index is 1.40. The van der Waals surface area contributed by atoms with Gasteiger partial charge in [-0.2, -0.15) is 0 Å². The van der Waals surface area contributed by atoms with Crippen molar-refractivity contribution in [3.8, 4) is 5.75 Å². The molecule has 0 saturated carbocycles. The van der Waals surface area contributed by atoms with Gasteiger partial charge in [0.2, 0.25) is 5.91 Å². The summed E-state index contributed by atoms with van der Waals surface area (Å²) in [5.41, 5.74) is 1.92. The van der Waals surface area contributed by atoms with Crippen molar-refractivity contribution in [3.63, 3.8) is 0 Å². The van der Waals surface area contributed by atoms with E-state index in [1.165, 1.54) is 0 Å². The van der Waals surface area contributed by atoms with Crippen molar-refractivity contribution in [1.82, 2.24) is 0 Å². The maximum atomic E-state index is 12.7. The highest BCUT2D eigenvalue weighted by Crippen LogP contribution is 2.29. The fourth-order valence-electron chi connectivity index (χ4n) is 3.58. The van der Waals surface area contributed by atoms with Crippen molar-refractivity contribution >= 4 is 23.2 Å². The zero-order valence-electron chi connectivity index (χ0n) is 15.7. The number of carbonyl (C=O) groups is 2. The lowest BCUT2D eigenvalue weighted by Crippen LogP contribution is -2.25.